The van der Waals surface area contributed by atoms with Crippen LogP contribution >= 0.6 is 0 Å². The van der Waals surface area contributed by atoms with Gasteiger partial charge in [-0.3, -0.25) is 4.79 Å². The van der Waals surface area contributed by atoms with Gasteiger partial charge in [0, 0.05) is 31.5 Å². The van der Waals surface area contributed by atoms with Crippen LogP contribution in [-0.4, -0.2) is 62.8 Å². The molecule has 1 fully saturated rings. The maximum Gasteiger partial charge on any atom is 0.506 e. The van der Waals surface area contributed by atoms with Crippen molar-refractivity contribution >= 4 is 23.3 Å². The van der Waals surface area contributed by atoms with Gasteiger partial charge in [-0.05, 0) is 49.2 Å². The number of benzene rings is 2. The van der Waals surface area contributed by atoms with Crippen LogP contribution < -0.4 is 9.47 Å². The van der Waals surface area contributed by atoms with Crippen molar-refractivity contribution < 1.29 is 37.7 Å². The van der Waals surface area contributed by atoms with Gasteiger partial charge in [-0.25, -0.2) is 19.2 Å². The Morgan fingerprint density at radius 3 is 2.54 bits per heavy atom. The van der Waals surface area contributed by atoms with Gasteiger partial charge in [-0.15, -0.1) is 0 Å². The van der Waals surface area contributed by atoms with Gasteiger partial charge >= 0.3 is 12.2 Å². The molecule has 0 aliphatic carbocycles. The number of hydrogen-bond donors (Lipinski definition) is 1. The highest BCUT2D eigenvalue weighted by molar-refractivity contribution is 5.78. The molecule has 2 aromatic carbocycles. The lowest BCUT2D eigenvalue weighted by Crippen LogP contribution is -2.43. The van der Waals surface area contributed by atoms with Crippen molar-refractivity contribution in [3.05, 3.63) is 59.5 Å². The molecule has 0 saturated carbocycles. The van der Waals surface area contributed by atoms with E-state index in [9.17, 15) is 14.0 Å². The standard InChI is InChI=1S/C27H25FN4O7/c1-15-11-17(12-16(2)23(15)36-14-22(33)32-9-7-18(8-10-32)37-27(34)35)24-30-20-13-29-26(31-25(20)39-24)38-21-6-4-3-5-19(21)28/h3-6,11-13,18H,7-10,14H2,1-2H3,(H,34,35). The van der Waals surface area contributed by atoms with Crippen molar-refractivity contribution in [2.45, 2.75) is 32.8 Å². The maximum absolute atomic E-state index is 13.9. The van der Waals surface area contributed by atoms with Crippen molar-refractivity contribution in [2.75, 3.05) is 19.7 Å². The van der Waals surface area contributed by atoms with Crippen LogP contribution in [0.4, 0.5) is 9.18 Å². The zero-order chi connectivity index (χ0) is 27.5. The molecule has 1 N–H and O–H groups in total. The summed E-state index contributed by atoms with van der Waals surface area (Å²) in [5, 5.41) is 8.75. The molecule has 0 atom stereocenters. The number of aryl methyl sites for hydroxylation is 2. The molecular weight excluding hydrogens is 511 g/mol. The lowest BCUT2D eigenvalue weighted by atomic mass is 10.1. The second-order valence-corrected chi connectivity index (χ2v) is 9.09. The highest BCUT2D eigenvalue weighted by atomic mass is 19.1. The van der Waals surface area contributed by atoms with Crippen LogP contribution in [-0.2, 0) is 9.53 Å². The van der Waals surface area contributed by atoms with E-state index in [0.717, 1.165) is 11.1 Å². The highest BCUT2D eigenvalue weighted by Gasteiger charge is 2.25. The van der Waals surface area contributed by atoms with E-state index in [1.807, 2.05) is 26.0 Å². The molecule has 1 aliphatic rings. The van der Waals surface area contributed by atoms with Gasteiger partial charge in [0.15, 0.2) is 18.2 Å². The molecule has 0 spiro atoms. The van der Waals surface area contributed by atoms with Crippen LogP contribution in [0.2, 0.25) is 0 Å². The summed E-state index contributed by atoms with van der Waals surface area (Å²) in [5.74, 6) is 0.158. The number of rotatable bonds is 7. The Hall–Kier alpha value is -4.74. The molecule has 12 heteroatoms. The van der Waals surface area contributed by atoms with E-state index >= 15 is 0 Å². The molecular formula is C27H25FN4O7. The molecule has 39 heavy (non-hydrogen) atoms. The first kappa shape index (κ1) is 25.9. The number of ether oxygens (including phenoxy) is 3. The second kappa shape index (κ2) is 10.9. The summed E-state index contributed by atoms with van der Waals surface area (Å²) in [6, 6.07) is 9.52. The largest absolute Gasteiger partial charge is 0.506 e. The van der Waals surface area contributed by atoms with Gasteiger partial charge < -0.3 is 28.6 Å². The van der Waals surface area contributed by atoms with Crippen molar-refractivity contribution in [1.82, 2.24) is 19.9 Å². The van der Waals surface area contributed by atoms with Crippen LogP contribution in [0.5, 0.6) is 17.5 Å². The first-order chi connectivity index (χ1) is 18.8. The van der Waals surface area contributed by atoms with E-state index in [2.05, 4.69) is 15.0 Å². The number of carbonyl (C=O) groups excluding carboxylic acids is 1. The summed E-state index contributed by atoms with van der Waals surface area (Å²) < 4.78 is 35.8. The Balaban J connectivity index is 1.25. The molecule has 1 amide bonds. The average Bonchev–Trinajstić information content (AvgIpc) is 3.33. The predicted octanol–water partition coefficient (Wildman–Crippen LogP) is 4.90. The third-order valence-corrected chi connectivity index (χ3v) is 6.28. The zero-order valence-corrected chi connectivity index (χ0v) is 21.2. The van der Waals surface area contributed by atoms with Gasteiger partial charge in [0.1, 0.15) is 17.4 Å². The number of hydrogen-bond acceptors (Lipinski definition) is 9. The SMILES string of the molecule is Cc1cc(-c2nc3cnc(Oc4ccccc4F)nc3o2)cc(C)c1OCC(=O)N1CCC(OC(=O)O)CC1. The first-order valence-corrected chi connectivity index (χ1v) is 12.2. The Labute approximate surface area is 222 Å². The van der Waals surface area contributed by atoms with E-state index in [-0.39, 0.29) is 30.0 Å². The summed E-state index contributed by atoms with van der Waals surface area (Å²) >= 11 is 0. The minimum absolute atomic E-state index is 0.00593. The Morgan fingerprint density at radius 1 is 1.13 bits per heavy atom. The average molecular weight is 537 g/mol. The third kappa shape index (κ3) is 5.89. The van der Waals surface area contributed by atoms with Crippen molar-refractivity contribution in [3.8, 4) is 29.0 Å². The molecule has 2 aromatic heterocycles. The molecule has 202 valence electrons. The van der Waals surface area contributed by atoms with Gasteiger partial charge in [-0.1, -0.05) is 12.1 Å². The van der Waals surface area contributed by atoms with E-state index < -0.39 is 18.1 Å². The number of para-hydroxylation sites is 1. The number of carbonyl (C=O) groups is 2. The Morgan fingerprint density at radius 2 is 1.85 bits per heavy atom. The lowest BCUT2D eigenvalue weighted by Gasteiger charge is -2.31. The molecule has 3 heterocycles. The van der Waals surface area contributed by atoms with Crippen LogP contribution in [0.1, 0.15) is 24.0 Å². The number of amides is 1. The van der Waals surface area contributed by atoms with Crippen LogP contribution in [0, 0.1) is 19.7 Å². The van der Waals surface area contributed by atoms with Gasteiger partial charge in [0.05, 0.1) is 6.20 Å². The van der Waals surface area contributed by atoms with Gasteiger partial charge in [-0.2, -0.15) is 4.98 Å². The fraction of sp³-hybridized carbons (Fsp3) is 0.296. The number of aromatic nitrogens is 3. The fourth-order valence-corrected chi connectivity index (χ4v) is 4.41. The van der Waals surface area contributed by atoms with Gasteiger partial charge in [0.25, 0.3) is 11.6 Å². The molecule has 0 radical (unpaired) electrons. The van der Waals surface area contributed by atoms with Crippen LogP contribution in [0.25, 0.3) is 22.7 Å². The topological polar surface area (TPSA) is 137 Å². The number of nitrogens with zero attached hydrogens (tertiary/aromatic N) is 4. The second-order valence-electron chi connectivity index (χ2n) is 9.09. The van der Waals surface area contributed by atoms with E-state index in [4.69, 9.17) is 23.7 Å². The smallest absolute Gasteiger partial charge is 0.483 e. The fourth-order valence-electron chi connectivity index (χ4n) is 4.41. The molecule has 11 nitrogen and oxygen atoms in total. The lowest BCUT2D eigenvalue weighted by molar-refractivity contribution is -0.135. The number of oxazole rings is 1. The van der Waals surface area contributed by atoms with Crippen molar-refractivity contribution in [2.24, 2.45) is 0 Å². The molecule has 4 aromatic rings. The summed E-state index contributed by atoms with van der Waals surface area (Å²) in [6.45, 7) is 4.38. The normalized spacial score (nSPS) is 13.9. The highest BCUT2D eigenvalue weighted by Crippen LogP contribution is 2.32. The summed E-state index contributed by atoms with van der Waals surface area (Å²) in [4.78, 5) is 37.7. The van der Waals surface area contributed by atoms with Crippen molar-refractivity contribution in [1.29, 1.82) is 0 Å². The predicted molar refractivity (Wildman–Crippen MR) is 135 cm³/mol. The number of carboxylic acid groups (broad SMARTS) is 1. The number of fused-ring (bicyclic) bond motifs is 1. The molecule has 5 rings (SSSR count). The van der Waals surface area contributed by atoms with Crippen LogP contribution in [0.3, 0.4) is 0 Å². The maximum atomic E-state index is 13.9. The Bertz CT molecular complexity index is 1510. The summed E-state index contributed by atoms with van der Waals surface area (Å²) in [7, 11) is 0. The molecule has 1 aliphatic heterocycles. The summed E-state index contributed by atoms with van der Waals surface area (Å²) in [6.07, 6.45) is 0.646. The number of piperidine rings is 1. The Kier molecular flexibility index (Phi) is 7.26. The molecule has 1 saturated heterocycles. The molecule has 0 bridgehead atoms. The van der Waals surface area contributed by atoms with E-state index in [1.54, 1.807) is 17.0 Å². The van der Waals surface area contributed by atoms with E-state index in [1.165, 1.54) is 18.3 Å². The quantitative estimate of drug-likeness (QED) is 0.325. The zero-order valence-electron chi connectivity index (χ0n) is 21.2. The number of likely N-dealkylation sites (tertiary alicyclic amines) is 1. The summed E-state index contributed by atoms with van der Waals surface area (Å²) in [5.41, 5.74) is 2.83. The van der Waals surface area contributed by atoms with Crippen molar-refractivity contribution in [3.63, 3.8) is 0 Å². The minimum Gasteiger partial charge on any atom is -0.483 e. The minimum atomic E-state index is -1.30. The van der Waals surface area contributed by atoms with Gasteiger partial charge in [0.2, 0.25) is 5.89 Å². The third-order valence-electron chi connectivity index (χ3n) is 6.28. The van der Waals surface area contributed by atoms with E-state index in [0.29, 0.717) is 48.7 Å². The number of halogens is 1. The first-order valence-electron chi connectivity index (χ1n) is 12.2. The van der Waals surface area contributed by atoms with Crippen LogP contribution in [0.15, 0.2) is 47.0 Å². The molecule has 0 unspecified atom stereocenters. The monoisotopic (exact) mass is 536 g/mol.